The Labute approximate surface area is 124 Å². The molecule has 2 aliphatic heterocycles. The Kier molecular flexibility index (Phi) is 4.24. The van der Waals surface area contributed by atoms with Crippen molar-refractivity contribution in [3.8, 4) is 0 Å². The van der Waals surface area contributed by atoms with E-state index in [4.69, 9.17) is 16.3 Å². The third kappa shape index (κ3) is 2.82. The molecule has 0 spiro atoms. The zero-order chi connectivity index (χ0) is 13.9. The van der Waals surface area contributed by atoms with Gasteiger partial charge >= 0.3 is 0 Å². The summed E-state index contributed by atoms with van der Waals surface area (Å²) in [4.78, 5) is 14.4. The van der Waals surface area contributed by atoms with E-state index >= 15 is 0 Å². The summed E-state index contributed by atoms with van der Waals surface area (Å²) in [6.45, 7) is 3.58. The SMILES string of the molecule is O=C([C@@H]1CCNC1)N1CCO[C@@H](c2ccccc2Cl)C1. The smallest absolute Gasteiger partial charge is 0.227 e. The van der Waals surface area contributed by atoms with Gasteiger partial charge in [0.2, 0.25) is 5.91 Å². The number of carbonyl (C=O) groups excluding carboxylic acids is 1. The molecule has 2 aliphatic rings. The van der Waals surface area contributed by atoms with Crippen LogP contribution in [0.25, 0.3) is 0 Å². The Morgan fingerprint density at radius 2 is 2.25 bits per heavy atom. The standard InChI is InChI=1S/C15H19ClN2O2/c16-13-4-2-1-3-12(13)14-10-18(7-8-20-14)15(19)11-5-6-17-9-11/h1-4,11,14,17H,5-10H2/t11-,14-/m1/s1. The fraction of sp³-hybridized carbons (Fsp3) is 0.533. The van der Waals surface area contributed by atoms with Crippen LogP contribution in [0.2, 0.25) is 5.02 Å². The molecule has 2 fully saturated rings. The molecule has 2 atom stereocenters. The number of hydrogen-bond acceptors (Lipinski definition) is 3. The molecule has 2 saturated heterocycles. The topological polar surface area (TPSA) is 41.6 Å². The molecule has 1 amide bonds. The van der Waals surface area contributed by atoms with Gasteiger partial charge in [0.05, 0.1) is 19.1 Å². The molecular formula is C15H19ClN2O2. The highest BCUT2D eigenvalue weighted by Crippen LogP contribution is 2.29. The number of carbonyl (C=O) groups is 1. The number of nitrogens with zero attached hydrogens (tertiary/aromatic N) is 1. The second-order valence-electron chi connectivity index (χ2n) is 5.35. The van der Waals surface area contributed by atoms with Crippen molar-refractivity contribution in [2.75, 3.05) is 32.8 Å². The number of morpholine rings is 1. The maximum absolute atomic E-state index is 12.5. The van der Waals surface area contributed by atoms with E-state index in [0.29, 0.717) is 24.7 Å². The Hall–Kier alpha value is -1.10. The molecule has 1 aromatic rings. The monoisotopic (exact) mass is 294 g/mol. The van der Waals surface area contributed by atoms with Crippen molar-refractivity contribution < 1.29 is 9.53 Å². The summed E-state index contributed by atoms with van der Waals surface area (Å²) in [6, 6.07) is 7.69. The van der Waals surface area contributed by atoms with Crippen LogP contribution in [0.5, 0.6) is 0 Å². The van der Waals surface area contributed by atoms with E-state index in [-0.39, 0.29) is 17.9 Å². The zero-order valence-electron chi connectivity index (χ0n) is 11.3. The van der Waals surface area contributed by atoms with Crippen molar-refractivity contribution in [2.45, 2.75) is 12.5 Å². The third-order valence-corrected chi connectivity index (χ3v) is 4.38. The van der Waals surface area contributed by atoms with Crippen LogP contribution in [-0.2, 0) is 9.53 Å². The minimum atomic E-state index is -0.115. The van der Waals surface area contributed by atoms with Crippen LogP contribution in [0.4, 0.5) is 0 Å². The highest BCUT2D eigenvalue weighted by Gasteiger charge is 2.31. The van der Waals surface area contributed by atoms with Crippen molar-refractivity contribution in [1.82, 2.24) is 10.2 Å². The molecule has 108 valence electrons. The van der Waals surface area contributed by atoms with Gasteiger partial charge in [0.25, 0.3) is 0 Å². The van der Waals surface area contributed by atoms with Crippen molar-refractivity contribution in [3.63, 3.8) is 0 Å². The normalized spacial score (nSPS) is 26.8. The van der Waals surface area contributed by atoms with Gasteiger partial charge in [-0.05, 0) is 19.0 Å². The molecule has 0 bridgehead atoms. The summed E-state index contributed by atoms with van der Waals surface area (Å²) < 4.78 is 5.79. The maximum atomic E-state index is 12.5. The lowest BCUT2D eigenvalue weighted by Gasteiger charge is -2.34. The van der Waals surface area contributed by atoms with E-state index in [1.807, 2.05) is 29.2 Å². The van der Waals surface area contributed by atoms with Gasteiger partial charge in [-0.3, -0.25) is 4.79 Å². The number of halogens is 1. The first-order valence-electron chi connectivity index (χ1n) is 7.11. The number of rotatable bonds is 2. The third-order valence-electron chi connectivity index (χ3n) is 4.04. The van der Waals surface area contributed by atoms with Crippen LogP contribution in [-0.4, -0.2) is 43.6 Å². The minimum absolute atomic E-state index is 0.115. The predicted octanol–water partition coefficient (Wildman–Crippen LogP) is 1.85. The largest absolute Gasteiger partial charge is 0.370 e. The van der Waals surface area contributed by atoms with Crippen LogP contribution < -0.4 is 5.32 Å². The number of hydrogen-bond donors (Lipinski definition) is 1. The number of amides is 1. The van der Waals surface area contributed by atoms with E-state index < -0.39 is 0 Å². The lowest BCUT2D eigenvalue weighted by Crippen LogP contribution is -2.45. The van der Waals surface area contributed by atoms with Crippen molar-refractivity contribution >= 4 is 17.5 Å². The molecule has 0 saturated carbocycles. The van der Waals surface area contributed by atoms with Crippen LogP contribution in [0.15, 0.2) is 24.3 Å². The quantitative estimate of drug-likeness (QED) is 0.905. The Bertz CT molecular complexity index is 489. The molecule has 3 rings (SSSR count). The van der Waals surface area contributed by atoms with Crippen molar-refractivity contribution in [1.29, 1.82) is 0 Å². The summed E-state index contributed by atoms with van der Waals surface area (Å²) in [5, 5.41) is 3.95. The fourth-order valence-corrected chi connectivity index (χ4v) is 3.15. The Balaban J connectivity index is 1.70. The van der Waals surface area contributed by atoms with Crippen LogP contribution >= 0.6 is 11.6 Å². The molecule has 2 heterocycles. The first-order chi connectivity index (χ1) is 9.75. The molecule has 0 unspecified atom stereocenters. The van der Waals surface area contributed by atoms with Gasteiger partial charge in [-0.2, -0.15) is 0 Å². The van der Waals surface area contributed by atoms with Gasteiger partial charge in [0.15, 0.2) is 0 Å². The molecule has 20 heavy (non-hydrogen) atoms. The van der Waals surface area contributed by atoms with E-state index in [2.05, 4.69) is 5.32 Å². The summed E-state index contributed by atoms with van der Waals surface area (Å²) in [5.41, 5.74) is 0.969. The van der Waals surface area contributed by atoms with Crippen molar-refractivity contribution in [2.24, 2.45) is 5.92 Å². The molecule has 0 radical (unpaired) electrons. The zero-order valence-corrected chi connectivity index (χ0v) is 12.1. The van der Waals surface area contributed by atoms with Gasteiger partial charge in [-0.25, -0.2) is 0 Å². The average molecular weight is 295 g/mol. The van der Waals surface area contributed by atoms with Gasteiger partial charge in [-0.15, -0.1) is 0 Å². The van der Waals surface area contributed by atoms with E-state index in [9.17, 15) is 4.79 Å². The number of nitrogens with one attached hydrogen (secondary N) is 1. The minimum Gasteiger partial charge on any atom is -0.370 e. The van der Waals surface area contributed by atoms with E-state index in [1.165, 1.54) is 0 Å². The van der Waals surface area contributed by atoms with Crippen LogP contribution in [0, 0.1) is 5.92 Å². The van der Waals surface area contributed by atoms with Gasteiger partial charge < -0.3 is 15.0 Å². The Morgan fingerprint density at radius 3 is 3.00 bits per heavy atom. The van der Waals surface area contributed by atoms with Crippen LogP contribution in [0.1, 0.15) is 18.1 Å². The van der Waals surface area contributed by atoms with E-state index in [1.54, 1.807) is 0 Å². The second-order valence-corrected chi connectivity index (χ2v) is 5.76. The van der Waals surface area contributed by atoms with Gasteiger partial charge in [0, 0.05) is 23.7 Å². The van der Waals surface area contributed by atoms with Crippen molar-refractivity contribution in [3.05, 3.63) is 34.9 Å². The molecule has 0 aromatic heterocycles. The number of ether oxygens (including phenoxy) is 1. The molecule has 1 aromatic carbocycles. The average Bonchev–Trinajstić information content (AvgIpc) is 3.01. The highest BCUT2D eigenvalue weighted by molar-refractivity contribution is 6.31. The summed E-state index contributed by atoms with van der Waals surface area (Å²) in [5.74, 6) is 0.371. The lowest BCUT2D eigenvalue weighted by atomic mass is 10.0. The molecular weight excluding hydrogens is 276 g/mol. The summed E-state index contributed by atoms with van der Waals surface area (Å²) in [6.07, 6.45) is 0.822. The first-order valence-corrected chi connectivity index (χ1v) is 7.49. The van der Waals surface area contributed by atoms with Gasteiger partial charge in [0.1, 0.15) is 6.10 Å². The Morgan fingerprint density at radius 1 is 1.40 bits per heavy atom. The summed E-state index contributed by atoms with van der Waals surface area (Å²) in [7, 11) is 0. The van der Waals surface area contributed by atoms with Gasteiger partial charge in [-0.1, -0.05) is 29.8 Å². The number of benzene rings is 1. The lowest BCUT2D eigenvalue weighted by molar-refractivity contribution is -0.142. The van der Waals surface area contributed by atoms with E-state index in [0.717, 1.165) is 25.1 Å². The second kappa shape index (κ2) is 6.12. The fourth-order valence-electron chi connectivity index (χ4n) is 2.90. The summed E-state index contributed by atoms with van der Waals surface area (Å²) >= 11 is 6.22. The molecule has 4 nitrogen and oxygen atoms in total. The molecule has 0 aliphatic carbocycles. The first kappa shape index (κ1) is 13.9. The maximum Gasteiger partial charge on any atom is 0.227 e. The highest BCUT2D eigenvalue weighted by atomic mass is 35.5. The molecule has 5 heteroatoms. The predicted molar refractivity (Wildman–Crippen MR) is 77.7 cm³/mol. The molecule has 1 N–H and O–H groups in total. The van der Waals surface area contributed by atoms with Crippen LogP contribution in [0.3, 0.4) is 0 Å².